The Bertz CT molecular complexity index is 1400. The van der Waals surface area contributed by atoms with Crippen LogP contribution in [-0.4, -0.2) is 17.0 Å². The summed E-state index contributed by atoms with van der Waals surface area (Å²) in [4.78, 5) is 36.4. The lowest BCUT2D eigenvalue weighted by atomic mass is 9.91. The molecule has 6 nitrogen and oxygen atoms in total. The number of benzene rings is 3. The minimum atomic E-state index is -1.05. The zero-order chi connectivity index (χ0) is 25.5. The molecular weight excluding hydrogens is 456 g/mol. The number of carbonyl (C=O) groups is 2. The van der Waals surface area contributed by atoms with Gasteiger partial charge in [0, 0.05) is 35.1 Å². The monoisotopic (exact) mass is 486 g/mol. The predicted molar refractivity (Wildman–Crippen MR) is 140 cm³/mol. The van der Waals surface area contributed by atoms with Crippen molar-refractivity contribution in [2.75, 3.05) is 0 Å². The topological polar surface area (TPSA) is 93.8 Å². The molecule has 0 spiro atoms. The van der Waals surface area contributed by atoms with E-state index in [9.17, 15) is 19.5 Å². The third-order valence-electron chi connectivity index (χ3n) is 6.31. The van der Waals surface area contributed by atoms with Crippen LogP contribution in [0.25, 0.3) is 33.4 Å². The molecule has 2 aromatic carbocycles. The Balaban J connectivity index is 1.63. The Kier molecular flexibility index (Phi) is 8.16. The van der Waals surface area contributed by atoms with Crippen LogP contribution in [0, 0.1) is 0 Å². The first kappa shape index (κ1) is 25.2. The number of fused-ring (bicyclic) bond motifs is 2. The van der Waals surface area contributed by atoms with E-state index in [0.717, 1.165) is 19.3 Å². The van der Waals surface area contributed by atoms with Gasteiger partial charge in [-0.2, -0.15) is 0 Å². The number of aromatic carboxylic acids is 1. The molecule has 6 heteroatoms. The van der Waals surface area contributed by atoms with Crippen molar-refractivity contribution in [3.8, 4) is 28.2 Å². The smallest absolute Gasteiger partial charge is 0.336 e. The second-order valence-corrected chi connectivity index (χ2v) is 8.99. The Morgan fingerprint density at radius 2 is 1.61 bits per heavy atom. The molecular formula is C30H30O6. The summed E-state index contributed by atoms with van der Waals surface area (Å²) in [6.45, 7) is 2.19. The zero-order valence-corrected chi connectivity index (χ0v) is 20.4. The van der Waals surface area contributed by atoms with Crippen molar-refractivity contribution >= 4 is 22.9 Å². The molecule has 1 aliphatic carbocycles. The van der Waals surface area contributed by atoms with E-state index >= 15 is 0 Å². The average molecular weight is 487 g/mol. The molecule has 36 heavy (non-hydrogen) atoms. The van der Waals surface area contributed by atoms with Crippen molar-refractivity contribution in [2.24, 2.45) is 0 Å². The molecule has 2 aromatic rings. The number of rotatable bonds is 11. The number of hydrogen-bond acceptors (Lipinski definition) is 5. The lowest BCUT2D eigenvalue weighted by Gasteiger charge is -2.17. The molecule has 0 fully saturated rings. The summed E-state index contributed by atoms with van der Waals surface area (Å²) in [5, 5.41) is 10.4. The zero-order valence-electron chi connectivity index (χ0n) is 20.4. The third-order valence-corrected chi connectivity index (χ3v) is 6.31. The maximum absolute atomic E-state index is 12.4. The summed E-state index contributed by atoms with van der Waals surface area (Å²) >= 11 is 0. The van der Waals surface area contributed by atoms with Crippen molar-refractivity contribution < 1.29 is 23.8 Å². The lowest BCUT2D eigenvalue weighted by Crippen LogP contribution is -2.07. The van der Waals surface area contributed by atoms with Gasteiger partial charge < -0.3 is 14.3 Å². The summed E-state index contributed by atoms with van der Waals surface area (Å²) in [7, 11) is 0. The van der Waals surface area contributed by atoms with Crippen LogP contribution in [0.4, 0.5) is 0 Å². The molecule has 0 atom stereocenters. The predicted octanol–water partition coefficient (Wildman–Crippen LogP) is 7.31. The van der Waals surface area contributed by atoms with Crippen LogP contribution in [0.1, 0.15) is 68.6 Å². The molecule has 0 saturated heterocycles. The summed E-state index contributed by atoms with van der Waals surface area (Å²) in [5.74, 6) is -0.683. The van der Waals surface area contributed by atoms with Crippen LogP contribution >= 0.6 is 0 Å². The molecule has 0 amide bonds. The first-order chi connectivity index (χ1) is 17.5. The van der Waals surface area contributed by atoms with Crippen LogP contribution in [0.2, 0.25) is 0 Å². The van der Waals surface area contributed by atoms with Gasteiger partial charge in [0.05, 0.1) is 5.56 Å². The minimum absolute atomic E-state index is 0.141. The molecule has 186 valence electrons. The van der Waals surface area contributed by atoms with Crippen LogP contribution in [0.3, 0.4) is 0 Å². The van der Waals surface area contributed by atoms with Gasteiger partial charge in [-0.25, -0.2) is 4.79 Å². The van der Waals surface area contributed by atoms with E-state index in [1.165, 1.54) is 37.8 Å². The number of carboxylic acid groups (broad SMARTS) is 1. The van der Waals surface area contributed by atoms with Gasteiger partial charge in [0.1, 0.15) is 17.1 Å². The molecule has 2 aliphatic rings. The van der Waals surface area contributed by atoms with Crippen molar-refractivity contribution in [1.29, 1.82) is 0 Å². The molecule has 0 aromatic heterocycles. The number of carbonyl (C=O) groups excluding carboxylic acids is 1. The lowest BCUT2D eigenvalue weighted by molar-refractivity contribution is -0.134. The summed E-state index contributed by atoms with van der Waals surface area (Å²) in [6, 6.07) is 16.2. The Morgan fingerprint density at radius 3 is 2.39 bits per heavy atom. The maximum Gasteiger partial charge on any atom is 0.336 e. The van der Waals surface area contributed by atoms with E-state index in [1.807, 2.05) is 0 Å². The van der Waals surface area contributed by atoms with Crippen molar-refractivity contribution in [2.45, 2.75) is 58.3 Å². The van der Waals surface area contributed by atoms with Gasteiger partial charge in [-0.3, -0.25) is 9.59 Å². The van der Waals surface area contributed by atoms with Gasteiger partial charge in [0.2, 0.25) is 0 Å². The highest BCUT2D eigenvalue weighted by atomic mass is 16.5. The van der Waals surface area contributed by atoms with Gasteiger partial charge in [-0.05, 0) is 42.3 Å². The fourth-order valence-corrected chi connectivity index (χ4v) is 4.50. The molecule has 1 aliphatic heterocycles. The largest absolute Gasteiger partial charge is 0.478 e. The summed E-state index contributed by atoms with van der Waals surface area (Å²) in [6.07, 6.45) is 8.16. The first-order valence-electron chi connectivity index (χ1n) is 12.5. The van der Waals surface area contributed by atoms with Gasteiger partial charge >= 0.3 is 11.9 Å². The molecule has 1 N–H and O–H groups in total. The summed E-state index contributed by atoms with van der Waals surface area (Å²) in [5.41, 5.74) is 2.09. The highest BCUT2D eigenvalue weighted by Gasteiger charge is 2.21. The van der Waals surface area contributed by atoms with Gasteiger partial charge in [-0.1, -0.05) is 63.6 Å². The minimum Gasteiger partial charge on any atom is -0.478 e. The van der Waals surface area contributed by atoms with E-state index in [4.69, 9.17) is 9.15 Å². The maximum atomic E-state index is 12.4. The van der Waals surface area contributed by atoms with E-state index in [2.05, 4.69) is 6.92 Å². The van der Waals surface area contributed by atoms with Crippen molar-refractivity contribution in [3.63, 3.8) is 0 Å². The number of ether oxygens (including phenoxy) is 1. The molecule has 0 radical (unpaired) electrons. The third kappa shape index (κ3) is 5.82. The van der Waals surface area contributed by atoms with Crippen LogP contribution in [0.15, 0.2) is 69.9 Å². The second kappa shape index (κ2) is 11.7. The number of carboxylic acids is 1. The molecule has 0 bridgehead atoms. The molecule has 0 saturated carbocycles. The fourth-order valence-electron chi connectivity index (χ4n) is 4.50. The highest BCUT2D eigenvalue weighted by Crippen LogP contribution is 2.41. The number of esters is 1. The standard InChI is InChI=1S/C30H30O6/c1-2-3-4-5-6-7-8-13-28(32)35-21-15-17-25-27(19-21)36-26-18-20(31)14-16-24(26)29(25)22-11-9-10-12-23(22)30(33)34/h9-12,14-19H,2-8,13H2,1H3,(H,33,34). The second-order valence-electron chi connectivity index (χ2n) is 8.99. The molecule has 4 rings (SSSR count). The van der Waals surface area contributed by atoms with E-state index in [1.54, 1.807) is 48.5 Å². The van der Waals surface area contributed by atoms with Crippen LogP contribution in [-0.2, 0) is 4.79 Å². The van der Waals surface area contributed by atoms with Crippen LogP contribution < -0.4 is 10.2 Å². The van der Waals surface area contributed by atoms with Crippen molar-refractivity contribution in [1.82, 2.24) is 0 Å². The first-order valence-corrected chi connectivity index (χ1v) is 12.5. The summed E-state index contributed by atoms with van der Waals surface area (Å²) < 4.78 is 11.6. The van der Waals surface area contributed by atoms with Gasteiger partial charge in [-0.15, -0.1) is 0 Å². The fraction of sp³-hybridized carbons (Fsp3) is 0.300. The van der Waals surface area contributed by atoms with E-state index in [0.29, 0.717) is 45.6 Å². The normalized spacial score (nSPS) is 11.1. The van der Waals surface area contributed by atoms with E-state index in [-0.39, 0.29) is 17.0 Å². The average Bonchev–Trinajstić information content (AvgIpc) is 2.86. The molecule has 0 unspecified atom stereocenters. The highest BCUT2D eigenvalue weighted by molar-refractivity contribution is 6.07. The Hall–Kier alpha value is -3.93. The number of hydrogen-bond donors (Lipinski definition) is 1. The number of unbranched alkanes of at least 4 members (excludes halogenated alkanes) is 6. The Morgan fingerprint density at radius 1 is 0.861 bits per heavy atom. The van der Waals surface area contributed by atoms with Crippen LogP contribution in [0.5, 0.6) is 5.75 Å². The van der Waals surface area contributed by atoms with Gasteiger partial charge in [0.15, 0.2) is 5.43 Å². The van der Waals surface area contributed by atoms with Crippen molar-refractivity contribution in [3.05, 3.63) is 76.5 Å². The molecule has 1 heterocycles. The quantitative estimate of drug-likeness (QED) is 0.103. The Labute approximate surface area is 209 Å². The van der Waals surface area contributed by atoms with Gasteiger partial charge in [0.25, 0.3) is 0 Å². The van der Waals surface area contributed by atoms with E-state index < -0.39 is 5.97 Å². The SMILES string of the molecule is CCCCCCCCCC(=O)Oc1ccc2c(-c3ccccc3C(=O)O)c3ccc(=O)cc-3oc2c1.